The van der Waals surface area contributed by atoms with Crippen molar-refractivity contribution >= 4 is 31.7 Å². The smallest absolute Gasteiger partial charge is 0.462 e. The molecule has 1 N–H and O–H groups in total. The van der Waals surface area contributed by atoms with Gasteiger partial charge in [-0.3, -0.25) is 28.2 Å². The molecule has 0 radical (unpaired) electrons. The van der Waals surface area contributed by atoms with Crippen LogP contribution in [0.5, 0.6) is 0 Å². The number of carbonyl (C=O) groups excluding carboxylic acids is 4. The first kappa shape index (κ1) is 88.0. The van der Waals surface area contributed by atoms with Crippen molar-refractivity contribution in [1.29, 1.82) is 0 Å². The molecule has 0 aliphatic carbocycles. The number of unbranched alkanes of at least 4 members (excludes halogenated alkanes) is 44. The molecule has 2 unspecified atom stereocenters. The van der Waals surface area contributed by atoms with E-state index in [-0.39, 0.29) is 38.9 Å². The Morgan fingerprint density at radius 1 is 0.286 bits per heavy atom. The molecule has 0 spiro atoms. The van der Waals surface area contributed by atoms with Gasteiger partial charge in [0.1, 0.15) is 13.2 Å². The highest BCUT2D eigenvalue weighted by Crippen LogP contribution is 2.43. The van der Waals surface area contributed by atoms with Gasteiger partial charge in [0, 0.05) is 25.7 Å². The van der Waals surface area contributed by atoms with Crippen molar-refractivity contribution < 1.29 is 56.6 Å². The average Bonchev–Trinajstić information content (AvgIpc) is 2.78. The van der Waals surface area contributed by atoms with Crippen molar-refractivity contribution in [3.05, 3.63) is 48.6 Å². The van der Waals surface area contributed by atoms with Crippen LogP contribution >= 0.6 is 7.82 Å². The number of esters is 4. The molecule has 91 heavy (non-hydrogen) atoms. The second-order valence-electron chi connectivity index (χ2n) is 26.0. The van der Waals surface area contributed by atoms with E-state index in [2.05, 4.69) is 76.3 Å². The van der Waals surface area contributed by atoms with Crippen LogP contribution in [-0.4, -0.2) is 67.4 Å². The first-order valence-corrected chi connectivity index (χ1v) is 40.0. The Kier molecular flexibility index (Phi) is 68.9. The van der Waals surface area contributed by atoms with E-state index in [1.165, 1.54) is 167 Å². The van der Waals surface area contributed by atoms with Gasteiger partial charge >= 0.3 is 31.7 Å². The minimum atomic E-state index is -4.86. The number of allylic oxidation sites excluding steroid dienone is 8. The average molecular weight is 1300 g/mol. The van der Waals surface area contributed by atoms with E-state index in [0.29, 0.717) is 25.7 Å². The first-order chi connectivity index (χ1) is 44.6. The molecule has 0 saturated heterocycles. The van der Waals surface area contributed by atoms with Crippen LogP contribution in [0.15, 0.2) is 48.6 Å². The summed E-state index contributed by atoms with van der Waals surface area (Å²) < 4.78 is 46.8. The third kappa shape index (κ3) is 69.6. The second kappa shape index (κ2) is 71.2. The van der Waals surface area contributed by atoms with Gasteiger partial charge in [-0.25, -0.2) is 4.57 Å². The van der Waals surface area contributed by atoms with Crippen LogP contribution in [0.2, 0.25) is 0 Å². The zero-order chi connectivity index (χ0) is 66.3. The molecule has 0 amide bonds. The number of ether oxygens (including phenoxy) is 4. The van der Waals surface area contributed by atoms with Crippen LogP contribution in [0.1, 0.15) is 387 Å². The maximum atomic E-state index is 13.5. The molecule has 0 rings (SSSR count). The summed E-state index contributed by atoms with van der Waals surface area (Å²) in [6.07, 6.45) is 75.9. The summed E-state index contributed by atoms with van der Waals surface area (Å²) in [5.41, 5.74) is 0. The zero-order valence-corrected chi connectivity index (χ0v) is 60.5. The van der Waals surface area contributed by atoms with Crippen molar-refractivity contribution in [1.82, 2.24) is 0 Å². The molecule has 0 aliphatic heterocycles. The molecule has 0 fully saturated rings. The molecule has 2 atom stereocenters. The van der Waals surface area contributed by atoms with Gasteiger partial charge in [0.2, 0.25) is 0 Å². The number of hydrogen-bond acceptors (Lipinski definition) is 11. The zero-order valence-electron chi connectivity index (χ0n) is 59.6. The number of hydrogen-bond donors (Lipinski definition) is 1. The fourth-order valence-electron chi connectivity index (χ4n) is 11.1. The SMILES string of the molecule is CCCCC/C=C/C/C=C/CCCCCCCCC(=O)OC(COC(=O)CCCCCCCCCCCCCCCC)COP(=O)(O)OCC(COC(=O)CCCCCCCCCCCCCCCC)OC(=O)CCCCCCCC/C=C/C/C=C/CCCCC. The molecular weight excluding hydrogens is 1160 g/mol. The predicted octanol–water partition coefficient (Wildman–Crippen LogP) is 24.2. The Labute approximate surface area is 560 Å². The highest BCUT2D eigenvalue weighted by Gasteiger charge is 2.29. The van der Waals surface area contributed by atoms with Crippen molar-refractivity contribution in [3.8, 4) is 0 Å². The first-order valence-electron chi connectivity index (χ1n) is 38.5. The van der Waals surface area contributed by atoms with E-state index in [9.17, 15) is 28.6 Å². The van der Waals surface area contributed by atoms with Gasteiger partial charge in [-0.15, -0.1) is 0 Å². The van der Waals surface area contributed by atoms with Crippen molar-refractivity contribution in [2.45, 2.75) is 399 Å². The quantitative estimate of drug-likeness (QED) is 0.0202. The van der Waals surface area contributed by atoms with Gasteiger partial charge in [-0.1, -0.05) is 320 Å². The van der Waals surface area contributed by atoms with Crippen LogP contribution < -0.4 is 0 Å². The Hall–Kier alpha value is -3.05. The lowest BCUT2D eigenvalue weighted by atomic mass is 10.0. The molecular formula is C78H143O12P. The van der Waals surface area contributed by atoms with E-state index in [1.54, 1.807) is 0 Å². The highest BCUT2D eigenvalue weighted by atomic mass is 31.2. The molecule has 0 aromatic carbocycles. The topological polar surface area (TPSA) is 161 Å². The Bertz CT molecular complexity index is 1660. The molecule has 12 nitrogen and oxygen atoms in total. The molecule has 532 valence electrons. The number of carbonyl (C=O) groups is 4. The van der Waals surface area contributed by atoms with Gasteiger partial charge in [-0.05, 0) is 89.9 Å². The molecule has 0 saturated carbocycles. The van der Waals surface area contributed by atoms with Crippen LogP contribution in [0.3, 0.4) is 0 Å². The van der Waals surface area contributed by atoms with Gasteiger partial charge in [-0.2, -0.15) is 0 Å². The summed E-state index contributed by atoms with van der Waals surface area (Å²) in [5, 5.41) is 0. The lowest BCUT2D eigenvalue weighted by Crippen LogP contribution is -2.31. The summed E-state index contributed by atoms with van der Waals surface area (Å²) in [7, 11) is -4.86. The molecule has 0 heterocycles. The van der Waals surface area contributed by atoms with Crippen LogP contribution in [0.25, 0.3) is 0 Å². The Balaban J connectivity index is 5.38. The number of rotatable bonds is 72. The summed E-state index contributed by atoms with van der Waals surface area (Å²) in [5.74, 6) is -1.91. The normalized spacial score (nSPS) is 13.2. The van der Waals surface area contributed by atoms with Crippen LogP contribution in [0, 0.1) is 0 Å². The third-order valence-corrected chi connectivity index (χ3v) is 17.9. The maximum Gasteiger partial charge on any atom is 0.472 e. The summed E-state index contributed by atoms with van der Waals surface area (Å²) >= 11 is 0. The molecule has 0 aromatic heterocycles. The molecule has 13 heteroatoms. The molecule has 0 bridgehead atoms. The summed E-state index contributed by atoms with van der Waals surface area (Å²) in [6, 6.07) is 0. The summed E-state index contributed by atoms with van der Waals surface area (Å²) in [6.45, 7) is 7.10. The van der Waals surface area contributed by atoms with E-state index >= 15 is 0 Å². The second-order valence-corrected chi connectivity index (χ2v) is 27.5. The molecule has 0 aliphatic rings. The Morgan fingerprint density at radius 3 is 0.758 bits per heavy atom. The standard InChI is InChI=1S/C78H143O12P/c1-5-9-13-17-21-25-29-33-37-39-43-47-51-55-59-63-67-77(81)89-73(69-85-75(79)65-61-57-53-49-45-41-35-31-27-23-19-15-11-7-3)71-87-91(83,84)88-72-74(70-86-76(80)66-62-58-54-50-46-42-36-32-28-24-20-16-12-8-4)90-78(82)68-64-60-56-52-48-44-40-38-34-30-26-22-18-14-10-6-2/h21-22,25-26,33-34,37-38,73-74H,5-20,23-24,27-32,35-36,39-72H2,1-4H3,(H,83,84)/b25-21+,26-22+,37-33+,38-34+. The van der Waals surface area contributed by atoms with E-state index < -0.39 is 57.1 Å². The molecule has 0 aromatic rings. The summed E-state index contributed by atoms with van der Waals surface area (Å²) in [4.78, 5) is 63.1. The fourth-order valence-corrected chi connectivity index (χ4v) is 11.9. The third-order valence-electron chi connectivity index (χ3n) is 16.9. The predicted molar refractivity (Wildman–Crippen MR) is 381 cm³/mol. The minimum Gasteiger partial charge on any atom is -0.462 e. The van der Waals surface area contributed by atoms with Gasteiger partial charge in [0.25, 0.3) is 0 Å². The maximum absolute atomic E-state index is 13.5. The van der Waals surface area contributed by atoms with Crippen LogP contribution in [-0.2, 0) is 51.7 Å². The minimum absolute atomic E-state index is 0.145. The highest BCUT2D eigenvalue weighted by molar-refractivity contribution is 7.47. The van der Waals surface area contributed by atoms with Gasteiger partial charge in [0.05, 0.1) is 13.2 Å². The van der Waals surface area contributed by atoms with Crippen LogP contribution in [0.4, 0.5) is 0 Å². The van der Waals surface area contributed by atoms with Crippen molar-refractivity contribution in [3.63, 3.8) is 0 Å². The largest absolute Gasteiger partial charge is 0.472 e. The lowest BCUT2D eigenvalue weighted by Gasteiger charge is -2.22. The van der Waals surface area contributed by atoms with E-state index in [0.717, 1.165) is 141 Å². The van der Waals surface area contributed by atoms with Gasteiger partial charge in [0.15, 0.2) is 12.2 Å². The lowest BCUT2D eigenvalue weighted by molar-refractivity contribution is -0.162. The number of phosphoric ester groups is 1. The number of phosphoric acid groups is 1. The van der Waals surface area contributed by atoms with Crippen molar-refractivity contribution in [2.75, 3.05) is 26.4 Å². The fraction of sp³-hybridized carbons (Fsp3) is 0.846. The van der Waals surface area contributed by atoms with E-state index in [1.807, 2.05) is 0 Å². The van der Waals surface area contributed by atoms with E-state index in [4.69, 9.17) is 28.0 Å². The monoisotopic (exact) mass is 1300 g/mol. The van der Waals surface area contributed by atoms with Gasteiger partial charge < -0.3 is 23.8 Å². The van der Waals surface area contributed by atoms with Crippen molar-refractivity contribution in [2.24, 2.45) is 0 Å². The Morgan fingerprint density at radius 2 is 0.495 bits per heavy atom.